The maximum atomic E-state index is 13.1. The van der Waals surface area contributed by atoms with E-state index in [1.54, 1.807) is 48.5 Å². The van der Waals surface area contributed by atoms with Crippen LogP contribution in [0.3, 0.4) is 0 Å². The molecule has 1 amide bonds. The predicted octanol–water partition coefficient (Wildman–Crippen LogP) is 9.06. The van der Waals surface area contributed by atoms with Crippen molar-refractivity contribution in [1.82, 2.24) is 0 Å². The van der Waals surface area contributed by atoms with Gasteiger partial charge >= 0.3 is 0 Å². The minimum atomic E-state index is -0.281. The Morgan fingerprint density at radius 3 is 2.37 bits per heavy atom. The third-order valence-corrected chi connectivity index (χ3v) is 7.90. The lowest BCUT2D eigenvalue weighted by Gasteiger charge is -2.16. The summed E-state index contributed by atoms with van der Waals surface area (Å²) < 4.78 is 12.5. The first-order valence-corrected chi connectivity index (χ1v) is 13.4. The Hall–Kier alpha value is -1.45. The molecule has 1 saturated heterocycles. The van der Waals surface area contributed by atoms with E-state index in [-0.39, 0.29) is 12.5 Å². The molecule has 3 aromatic carbocycles. The molecule has 35 heavy (non-hydrogen) atoms. The summed E-state index contributed by atoms with van der Waals surface area (Å²) in [6.07, 6.45) is 1.73. The van der Waals surface area contributed by atoms with E-state index >= 15 is 0 Å². The lowest BCUT2D eigenvalue weighted by atomic mass is 10.1. The molecule has 0 N–H and O–H groups in total. The van der Waals surface area contributed by atoms with E-state index in [1.165, 1.54) is 23.8 Å². The molecule has 0 radical (unpaired) electrons. The number of methoxy groups -OCH3 is 1. The highest BCUT2D eigenvalue weighted by molar-refractivity contribution is 9.10. The van der Waals surface area contributed by atoms with Gasteiger partial charge in [0.1, 0.15) is 6.61 Å². The molecule has 1 fully saturated rings. The molecular formula is C24H14BrCl4NO3S2. The number of hydrogen-bond donors (Lipinski definition) is 0. The third-order valence-electron chi connectivity index (χ3n) is 4.88. The van der Waals surface area contributed by atoms with Gasteiger partial charge in [-0.2, -0.15) is 0 Å². The average molecular weight is 650 g/mol. The second kappa shape index (κ2) is 11.3. The summed E-state index contributed by atoms with van der Waals surface area (Å²) in [5.41, 5.74) is 1.97. The number of nitrogens with zero attached hydrogens (tertiary/aromatic N) is 1. The molecule has 1 aliphatic heterocycles. The minimum Gasteiger partial charge on any atom is -0.493 e. The van der Waals surface area contributed by atoms with Gasteiger partial charge in [0, 0.05) is 20.6 Å². The van der Waals surface area contributed by atoms with Crippen molar-refractivity contribution in [2.24, 2.45) is 0 Å². The molecule has 0 bridgehead atoms. The first kappa shape index (κ1) is 26.6. The number of anilines is 1. The molecule has 1 aliphatic rings. The van der Waals surface area contributed by atoms with Crippen molar-refractivity contribution < 1.29 is 14.3 Å². The molecule has 0 saturated carbocycles. The highest BCUT2D eigenvalue weighted by Gasteiger charge is 2.34. The molecule has 3 aromatic rings. The Morgan fingerprint density at radius 2 is 1.71 bits per heavy atom. The minimum absolute atomic E-state index is 0.213. The Morgan fingerprint density at radius 1 is 1.03 bits per heavy atom. The monoisotopic (exact) mass is 647 g/mol. The lowest BCUT2D eigenvalue weighted by molar-refractivity contribution is -0.113. The SMILES string of the molecule is COc1cc(/C=C2\SC(=S)N(c3ccc(Cl)cc3Cl)C2=O)cc(Br)c1OCc1ccc(Cl)cc1Cl. The maximum absolute atomic E-state index is 13.1. The highest BCUT2D eigenvalue weighted by Crippen LogP contribution is 2.42. The number of hydrogen-bond acceptors (Lipinski definition) is 5. The van der Waals surface area contributed by atoms with Gasteiger partial charge in [-0.15, -0.1) is 0 Å². The van der Waals surface area contributed by atoms with Crippen molar-refractivity contribution in [1.29, 1.82) is 0 Å². The van der Waals surface area contributed by atoms with Crippen LogP contribution in [-0.2, 0) is 11.4 Å². The van der Waals surface area contributed by atoms with E-state index in [4.69, 9.17) is 68.1 Å². The molecule has 4 rings (SSSR count). The maximum Gasteiger partial charge on any atom is 0.270 e. The molecule has 0 aliphatic carbocycles. The molecule has 0 atom stereocenters. The van der Waals surface area contributed by atoms with Gasteiger partial charge in [0.2, 0.25) is 0 Å². The van der Waals surface area contributed by atoms with Crippen molar-refractivity contribution in [2.45, 2.75) is 6.61 Å². The zero-order valence-corrected chi connectivity index (χ0v) is 24.0. The zero-order chi connectivity index (χ0) is 25.3. The Kier molecular flexibility index (Phi) is 8.59. The van der Waals surface area contributed by atoms with Crippen LogP contribution in [-0.4, -0.2) is 17.3 Å². The van der Waals surface area contributed by atoms with Gasteiger partial charge in [-0.25, -0.2) is 0 Å². The van der Waals surface area contributed by atoms with E-state index in [9.17, 15) is 4.79 Å². The van der Waals surface area contributed by atoms with E-state index < -0.39 is 0 Å². The smallest absolute Gasteiger partial charge is 0.270 e. The second-order valence-electron chi connectivity index (χ2n) is 7.17. The number of thiocarbonyl (C=S) groups is 1. The van der Waals surface area contributed by atoms with Crippen LogP contribution in [0.15, 0.2) is 57.9 Å². The second-order valence-corrected chi connectivity index (χ2v) is 11.4. The van der Waals surface area contributed by atoms with Crippen molar-refractivity contribution >= 4 is 108 Å². The van der Waals surface area contributed by atoms with Crippen LogP contribution in [0.2, 0.25) is 20.1 Å². The van der Waals surface area contributed by atoms with Gasteiger partial charge in [0.15, 0.2) is 15.8 Å². The summed E-state index contributed by atoms with van der Waals surface area (Å²) in [5.74, 6) is 0.695. The Balaban J connectivity index is 1.59. The first-order valence-electron chi connectivity index (χ1n) is 9.85. The van der Waals surface area contributed by atoms with Gasteiger partial charge in [-0.3, -0.25) is 9.69 Å². The molecule has 180 valence electrons. The van der Waals surface area contributed by atoms with Gasteiger partial charge in [-0.05, 0) is 70.0 Å². The molecule has 0 aromatic heterocycles. The van der Waals surface area contributed by atoms with Crippen LogP contribution in [0.4, 0.5) is 5.69 Å². The largest absolute Gasteiger partial charge is 0.493 e. The standard InChI is InChI=1S/C24H14BrCl4NO3S2/c1-32-20-7-12(6-16(25)22(20)33-11-13-2-3-14(26)9-17(13)28)8-21-23(31)30(24(34)35-21)19-5-4-15(27)10-18(19)29/h2-10H,11H2,1H3/b21-8-. The van der Waals surface area contributed by atoms with Gasteiger partial charge in [0.05, 0.1) is 27.2 Å². The molecule has 11 heteroatoms. The van der Waals surface area contributed by atoms with Crippen molar-refractivity contribution in [3.8, 4) is 11.5 Å². The summed E-state index contributed by atoms with van der Waals surface area (Å²) in [7, 11) is 1.54. The summed E-state index contributed by atoms with van der Waals surface area (Å²) in [5, 5.41) is 1.86. The van der Waals surface area contributed by atoms with Crippen LogP contribution < -0.4 is 14.4 Å². The normalized spacial score (nSPS) is 14.7. The van der Waals surface area contributed by atoms with E-state index in [2.05, 4.69) is 15.9 Å². The summed E-state index contributed by atoms with van der Waals surface area (Å²) >= 11 is 34.7. The number of ether oxygens (including phenoxy) is 2. The topological polar surface area (TPSA) is 38.8 Å². The van der Waals surface area contributed by atoms with Crippen LogP contribution in [0.5, 0.6) is 11.5 Å². The van der Waals surface area contributed by atoms with Gasteiger partial charge in [-0.1, -0.05) is 76.4 Å². The lowest BCUT2D eigenvalue weighted by Crippen LogP contribution is -2.27. The summed E-state index contributed by atoms with van der Waals surface area (Å²) in [6.45, 7) is 0.213. The number of thioether (sulfide) groups is 1. The Bertz CT molecular complexity index is 1380. The van der Waals surface area contributed by atoms with Gasteiger partial charge in [0.25, 0.3) is 5.91 Å². The zero-order valence-electron chi connectivity index (χ0n) is 17.8. The third kappa shape index (κ3) is 5.93. The number of carbonyl (C=O) groups excluding carboxylic acids is 1. The highest BCUT2D eigenvalue weighted by atomic mass is 79.9. The van der Waals surface area contributed by atoms with Crippen molar-refractivity contribution in [2.75, 3.05) is 12.0 Å². The molecule has 0 spiro atoms. The number of halogens is 5. The predicted molar refractivity (Wildman–Crippen MR) is 154 cm³/mol. The van der Waals surface area contributed by atoms with Crippen LogP contribution >= 0.6 is 86.3 Å². The average Bonchev–Trinajstić information content (AvgIpc) is 3.06. The quantitative estimate of drug-likeness (QED) is 0.197. The summed E-state index contributed by atoms with van der Waals surface area (Å²) in [6, 6.07) is 13.7. The summed E-state index contributed by atoms with van der Waals surface area (Å²) in [4.78, 5) is 15.0. The first-order chi connectivity index (χ1) is 16.7. The van der Waals surface area contributed by atoms with Crippen molar-refractivity contribution in [3.63, 3.8) is 0 Å². The van der Waals surface area contributed by atoms with E-state index in [0.29, 0.717) is 56.5 Å². The number of rotatable bonds is 6. The van der Waals surface area contributed by atoms with Crippen LogP contribution in [0, 0.1) is 0 Å². The van der Waals surface area contributed by atoms with Crippen molar-refractivity contribution in [3.05, 3.63) is 89.1 Å². The fourth-order valence-electron chi connectivity index (χ4n) is 3.24. The fourth-order valence-corrected chi connectivity index (χ4v) is 6.06. The van der Waals surface area contributed by atoms with Gasteiger partial charge < -0.3 is 9.47 Å². The van der Waals surface area contributed by atoms with Crippen LogP contribution in [0.1, 0.15) is 11.1 Å². The van der Waals surface area contributed by atoms with E-state index in [1.807, 2.05) is 6.07 Å². The fraction of sp³-hybridized carbons (Fsp3) is 0.0833. The van der Waals surface area contributed by atoms with E-state index in [0.717, 1.165) is 5.56 Å². The number of amides is 1. The molecule has 4 nitrogen and oxygen atoms in total. The molecule has 0 unspecified atom stereocenters. The Labute approximate surface area is 240 Å². The number of benzene rings is 3. The van der Waals surface area contributed by atoms with Crippen LogP contribution in [0.25, 0.3) is 6.08 Å². The number of carbonyl (C=O) groups is 1. The molecule has 1 heterocycles. The molecular weight excluding hydrogens is 636 g/mol.